The molecule has 4 rings (SSSR count). The van der Waals surface area contributed by atoms with Gasteiger partial charge in [0.25, 0.3) is 0 Å². The molecule has 0 radical (unpaired) electrons. The number of carbonyl (C=O) groups is 3. The summed E-state index contributed by atoms with van der Waals surface area (Å²) < 4.78 is 33.7. The summed E-state index contributed by atoms with van der Waals surface area (Å²) in [6, 6.07) is 19.0. The highest BCUT2D eigenvalue weighted by Crippen LogP contribution is 2.22. The Kier molecular flexibility index (Phi) is 13.4. The van der Waals surface area contributed by atoms with E-state index in [1.54, 1.807) is 20.9 Å². The zero-order chi connectivity index (χ0) is 35.6. The van der Waals surface area contributed by atoms with E-state index in [2.05, 4.69) is 10.6 Å². The summed E-state index contributed by atoms with van der Waals surface area (Å²) in [4.78, 5) is 44.1. The summed E-state index contributed by atoms with van der Waals surface area (Å²) in [5.74, 6) is -3.53. The average molecular weight is 679 g/mol. The molecule has 0 bridgehead atoms. The molecule has 1 saturated heterocycles. The van der Waals surface area contributed by atoms with E-state index in [0.29, 0.717) is 12.2 Å². The van der Waals surface area contributed by atoms with E-state index in [0.717, 1.165) is 48.2 Å². The number of aliphatic hydroxyl groups is 1. The quantitative estimate of drug-likeness (QED) is 0.212. The summed E-state index contributed by atoms with van der Waals surface area (Å²) in [6.45, 7) is 4.54. The second-order valence-corrected chi connectivity index (χ2v) is 13.6. The van der Waals surface area contributed by atoms with Crippen molar-refractivity contribution in [2.24, 2.45) is 5.41 Å². The standard InChI is InChI=1S/C38H48F2N4O5/c1-38(2,25-45)24-42-36(47)33(21-27-14-17-31(39)32(40)19-27)44(4)37(48)34(43(3)35(46)23-49-22-30-11-8-18-41-30)20-26-12-15-29(16-13-26)28-9-6-5-7-10-28/h5-7,9-10,12-17,19,30,33-34,41,45H,8,11,18,20-25H2,1-4H3,(H,42,47). The van der Waals surface area contributed by atoms with Crippen LogP contribution >= 0.6 is 0 Å². The first-order valence-electron chi connectivity index (χ1n) is 16.7. The van der Waals surface area contributed by atoms with Crippen molar-refractivity contribution in [3.63, 3.8) is 0 Å². The number of carbonyl (C=O) groups excluding carboxylic acids is 3. The molecule has 0 aromatic heterocycles. The zero-order valence-electron chi connectivity index (χ0n) is 28.8. The molecule has 3 amide bonds. The van der Waals surface area contributed by atoms with Gasteiger partial charge in [-0.15, -0.1) is 0 Å². The molecule has 11 heteroatoms. The SMILES string of the molecule is CN(C(=O)COCC1CCCN1)C(Cc1ccc(-c2ccccc2)cc1)C(=O)N(C)C(Cc1ccc(F)c(F)c1)C(=O)NCC(C)(C)CO. The Balaban J connectivity index is 1.60. The molecular formula is C38H48F2N4O5. The van der Waals surface area contributed by atoms with Gasteiger partial charge in [-0.3, -0.25) is 14.4 Å². The third kappa shape index (κ3) is 10.6. The highest BCUT2D eigenvalue weighted by molar-refractivity contribution is 5.92. The minimum atomic E-state index is -1.14. The van der Waals surface area contributed by atoms with Crippen molar-refractivity contribution in [3.05, 3.63) is 95.6 Å². The summed E-state index contributed by atoms with van der Waals surface area (Å²) >= 11 is 0. The van der Waals surface area contributed by atoms with E-state index >= 15 is 0 Å². The average Bonchev–Trinajstić information content (AvgIpc) is 3.63. The van der Waals surface area contributed by atoms with Crippen LogP contribution in [0.3, 0.4) is 0 Å². The van der Waals surface area contributed by atoms with Crippen molar-refractivity contribution in [1.82, 2.24) is 20.4 Å². The molecule has 0 aliphatic carbocycles. The van der Waals surface area contributed by atoms with Gasteiger partial charge < -0.3 is 30.3 Å². The predicted octanol–water partition coefficient (Wildman–Crippen LogP) is 3.97. The monoisotopic (exact) mass is 678 g/mol. The molecule has 9 nitrogen and oxygen atoms in total. The number of benzene rings is 3. The number of hydrogen-bond acceptors (Lipinski definition) is 6. The molecule has 3 unspecified atom stereocenters. The van der Waals surface area contributed by atoms with Gasteiger partial charge in [0, 0.05) is 51.5 Å². The highest BCUT2D eigenvalue weighted by Gasteiger charge is 2.36. The number of halogens is 2. The minimum absolute atomic E-state index is 0.113. The molecule has 0 spiro atoms. The summed E-state index contributed by atoms with van der Waals surface area (Å²) in [7, 11) is 3.01. The van der Waals surface area contributed by atoms with Crippen molar-refractivity contribution in [2.75, 3.05) is 47.0 Å². The van der Waals surface area contributed by atoms with Crippen LogP contribution in [-0.2, 0) is 32.0 Å². The van der Waals surface area contributed by atoms with Crippen molar-refractivity contribution >= 4 is 17.7 Å². The van der Waals surface area contributed by atoms with Gasteiger partial charge in [-0.05, 0) is 53.8 Å². The highest BCUT2D eigenvalue weighted by atomic mass is 19.2. The Bertz CT molecular complexity index is 1550. The summed E-state index contributed by atoms with van der Waals surface area (Å²) in [6.07, 6.45) is 2.05. The number of rotatable bonds is 16. The first kappa shape index (κ1) is 37.6. The second kappa shape index (κ2) is 17.5. The number of nitrogens with zero attached hydrogens (tertiary/aromatic N) is 2. The Morgan fingerprint density at radius 2 is 1.57 bits per heavy atom. The molecule has 1 aliphatic rings. The lowest BCUT2D eigenvalue weighted by Gasteiger charge is -2.35. The van der Waals surface area contributed by atoms with Crippen LogP contribution in [0.5, 0.6) is 0 Å². The third-order valence-corrected chi connectivity index (χ3v) is 9.04. The second-order valence-electron chi connectivity index (χ2n) is 13.6. The fourth-order valence-electron chi connectivity index (χ4n) is 5.72. The molecule has 1 fully saturated rings. The van der Waals surface area contributed by atoms with Crippen LogP contribution < -0.4 is 10.6 Å². The fraction of sp³-hybridized carbons (Fsp3) is 0.447. The van der Waals surface area contributed by atoms with E-state index in [-0.39, 0.29) is 38.6 Å². The molecule has 3 aromatic carbocycles. The topological polar surface area (TPSA) is 111 Å². The lowest BCUT2D eigenvalue weighted by molar-refractivity contribution is -0.149. The van der Waals surface area contributed by atoms with Gasteiger partial charge in [-0.2, -0.15) is 0 Å². The van der Waals surface area contributed by atoms with Crippen LogP contribution in [-0.4, -0.2) is 97.8 Å². The number of hydrogen-bond donors (Lipinski definition) is 3. The Morgan fingerprint density at radius 1 is 0.918 bits per heavy atom. The van der Waals surface area contributed by atoms with Crippen molar-refractivity contribution in [1.29, 1.82) is 0 Å². The Labute approximate surface area is 287 Å². The third-order valence-electron chi connectivity index (χ3n) is 9.04. The van der Waals surface area contributed by atoms with Gasteiger partial charge in [0.2, 0.25) is 17.7 Å². The van der Waals surface area contributed by atoms with Gasteiger partial charge >= 0.3 is 0 Å². The van der Waals surface area contributed by atoms with Crippen LogP contribution in [0.2, 0.25) is 0 Å². The van der Waals surface area contributed by atoms with Crippen LogP contribution in [0.25, 0.3) is 11.1 Å². The fourth-order valence-corrected chi connectivity index (χ4v) is 5.72. The van der Waals surface area contributed by atoms with E-state index in [1.165, 1.54) is 22.9 Å². The lowest BCUT2D eigenvalue weighted by Crippen LogP contribution is -2.57. The summed E-state index contributed by atoms with van der Waals surface area (Å²) in [5, 5.41) is 15.9. The maximum atomic E-state index is 14.4. The smallest absolute Gasteiger partial charge is 0.249 e. The number of likely N-dealkylation sites (N-methyl/N-ethyl adjacent to an activating group) is 2. The number of ether oxygens (including phenoxy) is 1. The molecule has 0 saturated carbocycles. The zero-order valence-corrected chi connectivity index (χ0v) is 28.8. The maximum absolute atomic E-state index is 14.4. The van der Waals surface area contributed by atoms with E-state index in [9.17, 15) is 28.3 Å². The Morgan fingerprint density at radius 3 is 2.20 bits per heavy atom. The van der Waals surface area contributed by atoms with Crippen LogP contribution in [0.1, 0.15) is 37.8 Å². The first-order chi connectivity index (χ1) is 23.4. The molecule has 3 aromatic rings. The number of nitrogens with one attached hydrogen (secondary N) is 2. The molecule has 1 heterocycles. The van der Waals surface area contributed by atoms with Gasteiger partial charge in [-0.25, -0.2) is 8.78 Å². The molecule has 1 aliphatic heterocycles. The van der Waals surface area contributed by atoms with E-state index < -0.39 is 46.9 Å². The van der Waals surface area contributed by atoms with Crippen LogP contribution in [0.4, 0.5) is 8.78 Å². The normalized spacial score (nSPS) is 15.8. The first-order valence-corrected chi connectivity index (χ1v) is 16.7. The van der Waals surface area contributed by atoms with Gasteiger partial charge in [0.15, 0.2) is 11.6 Å². The number of amides is 3. The van der Waals surface area contributed by atoms with Crippen LogP contribution in [0, 0.1) is 17.0 Å². The van der Waals surface area contributed by atoms with Crippen molar-refractivity contribution in [3.8, 4) is 11.1 Å². The number of aliphatic hydroxyl groups excluding tert-OH is 1. The van der Waals surface area contributed by atoms with Crippen molar-refractivity contribution in [2.45, 2.75) is 57.7 Å². The van der Waals surface area contributed by atoms with E-state index in [4.69, 9.17) is 4.74 Å². The van der Waals surface area contributed by atoms with Crippen LogP contribution in [0.15, 0.2) is 72.8 Å². The summed E-state index contributed by atoms with van der Waals surface area (Å²) in [5.41, 5.74) is 2.51. The van der Waals surface area contributed by atoms with Gasteiger partial charge in [0.05, 0.1) is 6.61 Å². The largest absolute Gasteiger partial charge is 0.396 e. The molecule has 49 heavy (non-hydrogen) atoms. The molecule has 3 atom stereocenters. The van der Waals surface area contributed by atoms with Gasteiger partial charge in [-0.1, -0.05) is 74.5 Å². The molecule has 3 N–H and O–H groups in total. The minimum Gasteiger partial charge on any atom is -0.396 e. The predicted molar refractivity (Wildman–Crippen MR) is 184 cm³/mol. The maximum Gasteiger partial charge on any atom is 0.249 e. The van der Waals surface area contributed by atoms with Crippen molar-refractivity contribution < 1.29 is 33.0 Å². The Hall–Kier alpha value is -4.19. The van der Waals surface area contributed by atoms with Gasteiger partial charge in [0.1, 0.15) is 18.7 Å². The lowest BCUT2D eigenvalue weighted by atomic mass is 9.94. The molecule has 264 valence electrons. The molecular weight excluding hydrogens is 630 g/mol. The van der Waals surface area contributed by atoms with E-state index in [1.807, 2.05) is 54.6 Å².